The summed E-state index contributed by atoms with van der Waals surface area (Å²) in [7, 11) is 0. The van der Waals surface area contributed by atoms with E-state index in [2.05, 4.69) is 6.07 Å². The van der Waals surface area contributed by atoms with Gasteiger partial charge in [-0.05, 0) is 42.5 Å². The number of aryl methyl sites for hydroxylation is 1. The van der Waals surface area contributed by atoms with Gasteiger partial charge in [-0.25, -0.2) is 0 Å². The lowest BCUT2D eigenvalue weighted by atomic mass is 9.68. The van der Waals surface area contributed by atoms with Gasteiger partial charge in [-0.15, -0.1) is 11.3 Å². The van der Waals surface area contributed by atoms with E-state index >= 15 is 0 Å². The monoisotopic (exact) mass is 299 g/mol. The molecule has 2 heterocycles. The molecule has 0 radical (unpaired) electrons. The molecular weight excluding hydrogens is 282 g/mol. The molecule has 0 amide bonds. The van der Waals surface area contributed by atoms with E-state index < -0.39 is 11.0 Å². The molecule has 0 fully saturated rings. The van der Waals surface area contributed by atoms with Crippen LogP contribution in [0.3, 0.4) is 0 Å². The standard InChI is InChI=1S/C17H17NO2S/c1-12-7-8-21-15(12)16(2,19)17(10-18)9-13-5-3-4-6-14(13)20-11-17/h3-8,19H,9,11H2,1-2H3. The van der Waals surface area contributed by atoms with E-state index in [4.69, 9.17) is 4.74 Å². The Kier molecular flexibility index (Phi) is 3.27. The highest BCUT2D eigenvalue weighted by Crippen LogP contribution is 2.48. The van der Waals surface area contributed by atoms with E-state index in [9.17, 15) is 10.4 Å². The van der Waals surface area contributed by atoms with Gasteiger partial charge in [0.1, 0.15) is 23.4 Å². The molecule has 2 unspecified atom stereocenters. The van der Waals surface area contributed by atoms with Crippen LogP contribution in [-0.4, -0.2) is 11.7 Å². The molecule has 0 spiro atoms. The molecule has 1 N–H and O–H groups in total. The molecular formula is C17H17NO2S. The highest BCUT2D eigenvalue weighted by atomic mass is 32.1. The second-order valence-electron chi connectivity index (χ2n) is 5.77. The SMILES string of the molecule is Cc1ccsc1C(C)(O)C1(C#N)COc2ccccc2C1. The Labute approximate surface area is 128 Å². The van der Waals surface area contributed by atoms with Crippen LogP contribution >= 0.6 is 11.3 Å². The van der Waals surface area contributed by atoms with Crippen molar-refractivity contribution in [3.63, 3.8) is 0 Å². The van der Waals surface area contributed by atoms with E-state index in [-0.39, 0.29) is 6.61 Å². The Hall–Kier alpha value is -1.83. The summed E-state index contributed by atoms with van der Waals surface area (Å²) in [5.74, 6) is 0.807. The molecule has 0 saturated carbocycles. The van der Waals surface area contributed by atoms with Gasteiger partial charge >= 0.3 is 0 Å². The summed E-state index contributed by atoms with van der Waals surface area (Å²) in [6.07, 6.45) is 0.490. The highest BCUT2D eigenvalue weighted by Gasteiger charge is 2.53. The molecule has 0 bridgehead atoms. The van der Waals surface area contributed by atoms with Gasteiger partial charge in [0.15, 0.2) is 0 Å². The number of nitriles is 1. The van der Waals surface area contributed by atoms with Crippen molar-refractivity contribution < 1.29 is 9.84 Å². The maximum Gasteiger partial charge on any atom is 0.129 e. The van der Waals surface area contributed by atoms with E-state index in [1.807, 2.05) is 42.6 Å². The van der Waals surface area contributed by atoms with Crippen LogP contribution in [-0.2, 0) is 12.0 Å². The fourth-order valence-electron chi connectivity index (χ4n) is 2.95. The van der Waals surface area contributed by atoms with Crippen LogP contribution in [0.5, 0.6) is 5.75 Å². The molecule has 1 aliphatic heterocycles. The molecule has 2 atom stereocenters. The second-order valence-corrected chi connectivity index (χ2v) is 6.69. The third-order valence-electron chi connectivity index (χ3n) is 4.39. The van der Waals surface area contributed by atoms with Crippen molar-refractivity contribution in [1.82, 2.24) is 0 Å². The Morgan fingerprint density at radius 3 is 2.81 bits per heavy atom. The minimum Gasteiger partial charge on any atom is -0.491 e. The van der Waals surface area contributed by atoms with Crippen molar-refractivity contribution in [2.45, 2.75) is 25.9 Å². The average molecular weight is 299 g/mol. The highest BCUT2D eigenvalue weighted by molar-refractivity contribution is 7.10. The Bertz CT molecular complexity index is 714. The number of hydrogen-bond acceptors (Lipinski definition) is 4. The van der Waals surface area contributed by atoms with Crippen LogP contribution in [0, 0.1) is 23.7 Å². The maximum absolute atomic E-state index is 11.2. The summed E-state index contributed by atoms with van der Waals surface area (Å²) in [6.45, 7) is 3.89. The number of nitrogens with zero attached hydrogens (tertiary/aromatic N) is 1. The topological polar surface area (TPSA) is 53.2 Å². The summed E-state index contributed by atoms with van der Waals surface area (Å²) < 4.78 is 5.78. The van der Waals surface area contributed by atoms with Crippen molar-refractivity contribution in [3.05, 3.63) is 51.7 Å². The van der Waals surface area contributed by atoms with Gasteiger partial charge in [0.05, 0.1) is 6.07 Å². The van der Waals surface area contributed by atoms with Gasteiger partial charge in [0, 0.05) is 11.3 Å². The fourth-order valence-corrected chi connectivity index (χ4v) is 4.04. The molecule has 0 aliphatic carbocycles. The number of benzene rings is 1. The minimum atomic E-state index is -1.24. The second kappa shape index (κ2) is 4.87. The number of aliphatic hydroxyl groups is 1. The number of fused-ring (bicyclic) bond motifs is 1. The number of rotatable bonds is 2. The van der Waals surface area contributed by atoms with Crippen LogP contribution in [0.2, 0.25) is 0 Å². The first kappa shape index (κ1) is 14.1. The molecule has 1 aliphatic rings. The zero-order chi connectivity index (χ0) is 15.1. The van der Waals surface area contributed by atoms with Gasteiger partial charge in [0.2, 0.25) is 0 Å². The van der Waals surface area contributed by atoms with Crippen molar-refractivity contribution in [2.75, 3.05) is 6.61 Å². The lowest BCUT2D eigenvalue weighted by molar-refractivity contribution is -0.0699. The van der Waals surface area contributed by atoms with Crippen LogP contribution < -0.4 is 4.74 Å². The average Bonchev–Trinajstić information content (AvgIpc) is 2.93. The van der Waals surface area contributed by atoms with Gasteiger partial charge in [-0.2, -0.15) is 5.26 Å². The number of ether oxygens (including phenoxy) is 1. The summed E-state index contributed by atoms with van der Waals surface area (Å²) in [5.41, 5.74) is -0.233. The van der Waals surface area contributed by atoms with Crippen LogP contribution in [0.4, 0.5) is 0 Å². The first-order valence-corrected chi connectivity index (χ1v) is 7.77. The maximum atomic E-state index is 11.2. The first-order valence-electron chi connectivity index (χ1n) is 6.89. The molecule has 3 rings (SSSR count). The smallest absolute Gasteiger partial charge is 0.129 e. The molecule has 21 heavy (non-hydrogen) atoms. The molecule has 1 aromatic carbocycles. The third kappa shape index (κ3) is 2.05. The Morgan fingerprint density at radius 1 is 1.38 bits per heavy atom. The van der Waals surface area contributed by atoms with Crippen molar-refractivity contribution in [3.8, 4) is 11.8 Å². The van der Waals surface area contributed by atoms with Gasteiger partial charge in [-0.3, -0.25) is 0 Å². The first-order chi connectivity index (χ1) is 10.00. The van der Waals surface area contributed by atoms with E-state index in [0.717, 1.165) is 21.8 Å². The fraction of sp³-hybridized carbons (Fsp3) is 0.353. The summed E-state index contributed by atoms with van der Waals surface area (Å²) in [5, 5.41) is 22.9. The molecule has 1 aromatic heterocycles. The summed E-state index contributed by atoms with van der Waals surface area (Å²) in [4.78, 5) is 0.840. The van der Waals surface area contributed by atoms with E-state index in [1.165, 1.54) is 11.3 Å². The lowest BCUT2D eigenvalue weighted by Crippen LogP contribution is -2.50. The molecule has 3 nitrogen and oxygen atoms in total. The van der Waals surface area contributed by atoms with Crippen molar-refractivity contribution >= 4 is 11.3 Å². The zero-order valence-electron chi connectivity index (χ0n) is 12.1. The lowest BCUT2D eigenvalue weighted by Gasteiger charge is -2.42. The predicted octanol–water partition coefficient (Wildman–Crippen LogP) is 3.41. The van der Waals surface area contributed by atoms with Gasteiger partial charge in [0.25, 0.3) is 0 Å². The summed E-state index contributed by atoms with van der Waals surface area (Å²) in [6, 6.07) is 12.0. The van der Waals surface area contributed by atoms with E-state index in [0.29, 0.717) is 6.42 Å². The largest absolute Gasteiger partial charge is 0.491 e. The zero-order valence-corrected chi connectivity index (χ0v) is 12.9. The quantitative estimate of drug-likeness (QED) is 0.924. The van der Waals surface area contributed by atoms with Crippen molar-refractivity contribution in [2.24, 2.45) is 5.41 Å². The van der Waals surface area contributed by atoms with Crippen LogP contribution in [0.15, 0.2) is 35.7 Å². The number of hydrogen-bond donors (Lipinski definition) is 1. The third-order valence-corrected chi connectivity index (χ3v) is 5.62. The Balaban J connectivity index is 2.07. The normalized spacial score (nSPS) is 23.5. The number of thiophene rings is 1. The van der Waals surface area contributed by atoms with Crippen LogP contribution in [0.1, 0.15) is 22.9 Å². The van der Waals surface area contributed by atoms with Gasteiger partial charge in [-0.1, -0.05) is 18.2 Å². The predicted molar refractivity (Wildman–Crippen MR) is 82.3 cm³/mol. The molecule has 2 aromatic rings. The Morgan fingerprint density at radius 2 is 2.14 bits per heavy atom. The summed E-state index contributed by atoms with van der Waals surface area (Å²) >= 11 is 1.49. The number of para-hydroxylation sites is 1. The molecule has 0 saturated heterocycles. The van der Waals surface area contributed by atoms with Crippen molar-refractivity contribution in [1.29, 1.82) is 5.26 Å². The molecule has 4 heteroatoms. The molecule has 108 valence electrons. The van der Waals surface area contributed by atoms with Gasteiger partial charge < -0.3 is 9.84 Å². The van der Waals surface area contributed by atoms with E-state index in [1.54, 1.807) is 6.92 Å². The van der Waals surface area contributed by atoms with Crippen LogP contribution in [0.25, 0.3) is 0 Å². The minimum absolute atomic E-state index is 0.199.